The first-order valence-corrected chi connectivity index (χ1v) is 8.91. The van der Waals surface area contributed by atoms with Crippen LogP contribution in [0.5, 0.6) is 11.5 Å². The van der Waals surface area contributed by atoms with Gasteiger partial charge in [-0.3, -0.25) is 5.41 Å². The predicted molar refractivity (Wildman–Crippen MR) is 110 cm³/mol. The number of hydrogen-bond donors (Lipinski definition) is 2. The summed E-state index contributed by atoms with van der Waals surface area (Å²) in [5.74, 6) is -4.17. The van der Waals surface area contributed by atoms with Gasteiger partial charge >= 0.3 is 0 Å². The molecular weight excluding hydrogens is 514 g/mol. The third kappa shape index (κ3) is 4.27. The molecule has 1 aromatic heterocycles. The molecule has 0 saturated carbocycles. The van der Waals surface area contributed by atoms with E-state index >= 15 is 0 Å². The molecule has 0 aliphatic heterocycles. The fourth-order valence-corrected chi connectivity index (χ4v) is 3.08. The average Bonchev–Trinajstić information content (AvgIpc) is 3.12. The van der Waals surface area contributed by atoms with Crippen molar-refractivity contribution in [3.05, 3.63) is 59.0 Å². The van der Waals surface area contributed by atoms with E-state index < -0.39 is 36.0 Å². The monoisotopic (exact) mass is 528 g/mol. The van der Waals surface area contributed by atoms with E-state index in [2.05, 4.69) is 4.98 Å². The highest BCUT2D eigenvalue weighted by atomic mass is 127. The maximum Gasteiger partial charge on any atom is 0.242 e. The fourth-order valence-electron chi connectivity index (χ4n) is 2.70. The molecule has 2 N–H and O–H groups in total. The highest BCUT2D eigenvalue weighted by Gasteiger charge is 2.25. The molecule has 150 valence electrons. The van der Waals surface area contributed by atoms with E-state index in [0.29, 0.717) is 0 Å². The number of thioether (sulfide) groups is 1. The summed E-state index contributed by atoms with van der Waals surface area (Å²) < 4.78 is 74.0. The maximum absolute atomic E-state index is 14.5. The number of ether oxygens (including phenoxy) is 1. The van der Waals surface area contributed by atoms with Crippen molar-refractivity contribution in [2.24, 2.45) is 0 Å². The number of rotatable bonds is 5. The van der Waals surface area contributed by atoms with Gasteiger partial charge in [-0.05, 0) is 30.5 Å². The minimum atomic E-state index is -2.82. The second-order valence-electron chi connectivity index (χ2n) is 5.57. The molecule has 0 fully saturated rings. The molecule has 0 aliphatic rings. The Balaban J connectivity index is 0.00000280. The number of benzene rings is 2. The second kappa shape index (κ2) is 9.12. The second-order valence-corrected chi connectivity index (χ2v) is 6.39. The lowest BCUT2D eigenvalue weighted by atomic mass is 10.0. The third-order valence-electron chi connectivity index (χ3n) is 3.92. The molecule has 1 heterocycles. The summed E-state index contributed by atoms with van der Waals surface area (Å²) in [5, 5.41) is 7.70. The molecule has 3 rings (SSSR count). The lowest BCUT2D eigenvalue weighted by molar-refractivity contribution is 0.148. The largest absolute Gasteiger partial charge is 0.454 e. The van der Waals surface area contributed by atoms with E-state index in [1.54, 1.807) is 6.26 Å². The van der Waals surface area contributed by atoms with Crippen LogP contribution in [0, 0.1) is 22.9 Å². The van der Waals surface area contributed by atoms with Gasteiger partial charge in [0.1, 0.15) is 11.6 Å². The molecule has 0 atom stereocenters. The van der Waals surface area contributed by atoms with Crippen LogP contribution in [0.2, 0.25) is 0 Å². The molecule has 0 spiro atoms. The molecule has 28 heavy (non-hydrogen) atoms. The van der Waals surface area contributed by atoms with E-state index in [9.17, 15) is 22.0 Å². The van der Waals surface area contributed by atoms with Gasteiger partial charge in [0.2, 0.25) is 12.2 Å². The number of nitrogens with one attached hydrogen (secondary N) is 2. The van der Waals surface area contributed by atoms with Gasteiger partial charge < -0.3 is 9.72 Å². The first kappa shape index (κ1) is 22.5. The van der Waals surface area contributed by atoms with Crippen molar-refractivity contribution in [2.45, 2.75) is 12.8 Å². The van der Waals surface area contributed by atoms with Crippen molar-refractivity contribution in [1.82, 2.24) is 4.98 Å². The lowest BCUT2D eigenvalue weighted by Gasteiger charge is -2.15. The van der Waals surface area contributed by atoms with Gasteiger partial charge in [0.25, 0.3) is 0 Å². The van der Waals surface area contributed by atoms with Gasteiger partial charge in [-0.15, -0.1) is 35.7 Å². The van der Waals surface area contributed by atoms with Crippen LogP contribution in [-0.2, 0) is 6.42 Å². The minimum absolute atomic E-state index is 0. The zero-order valence-corrected chi connectivity index (χ0v) is 17.4. The van der Waals surface area contributed by atoms with Crippen LogP contribution < -0.4 is 4.74 Å². The highest BCUT2D eigenvalue weighted by Crippen LogP contribution is 2.38. The van der Waals surface area contributed by atoms with Crippen LogP contribution >= 0.6 is 35.7 Å². The van der Waals surface area contributed by atoms with Crippen molar-refractivity contribution in [1.29, 1.82) is 5.41 Å². The lowest BCUT2D eigenvalue weighted by Crippen LogP contribution is -2.05. The summed E-state index contributed by atoms with van der Waals surface area (Å²) in [6.07, 6.45) is -0.786. The Morgan fingerprint density at radius 2 is 1.89 bits per heavy atom. The van der Waals surface area contributed by atoms with Crippen molar-refractivity contribution < 1.29 is 26.7 Å². The highest BCUT2D eigenvalue weighted by molar-refractivity contribution is 14.0. The van der Waals surface area contributed by atoms with Crippen molar-refractivity contribution in [3.63, 3.8) is 0 Å². The number of hydrogen-bond acceptors (Lipinski definition) is 3. The molecule has 3 aromatic rings. The molecule has 0 aliphatic carbocycles. The van der Waals surface area contributed by atoms with Crippen LogP contribution in [0.15, 0.2) is 30.5 Å². The molecule has 0 saturated heterocycles. The zero-order chi connectivity index (χ0) is 19.7. The summed E-state index contributed by atoms with van der Waals surface area (Å²) >= 11 is 0.978. The van der Waals surface area contributed by atoms with E-state index in [1.807, 2.05) is 0 Å². The van der Waals surface area contributed by atoms with Gasteiger partial charge in [0.15, 0.2) is 11.6 Å². The van der Waals surface area contributed by atoms with Crippen LogP contribution in [0.3, 0.4) is 0 Å². The number of halogens is 6. The summed E-state index contributed by atoms with van der Waals surface area (Å²) in [6, 6.07) is 4.64. The molecule has 3 nitrogen and oxygen atoms in total. The third-order valence-corrected chi connectivity index (χ3v) is 4.55. The minimum Gasteiger partial charge on any atom is -0.454 e. The smallest absolute Gasteiger partial charge is 0.242 e. The van der Waals surface area contributed by atoms with Gasteiger partial charge in [0, 0.05) is 29.1 Å². The molecule has 10 heteroatoms. The Bertz CT molecular complexity index is 1020. The number of aromatic amines is 1. The Labute approximate surface area is 178 Å². The van der Waals surface area contributed by atoms with Crippen LogP contribution in [0.1, 0.15) is 11.1 Å². The van der Waals surface area contributed by atoms with Crippen LogP contribution in [0.4, 0.5) is 22.0 Å². The molecule has 0 amide bonds. The Kier molecular flexibility index (Phi) is 7.32. The first-order valence-electron chi connectivity index (χ1n) is 7.68. The van der Waals surface area contributed by atoms with E-state index in [4.69, 9.17) is 10.1 Å². The summed E-state index contributed by atoms with van der Waals surface area (Å²) in [6.45, 7) is 0. The molecular formula is C18H14F5IN2OS. The Morgan fingerprint density at radius 3 is 2.54 bits per heavy atom. The predicted octanol–water partition coefficient (Wildman–Crippen LogP) is 6.49. The van der Waals surface area contributed by atoms with Crippen molar-refractivity contribution in [2.75, 3.05) is 6.26 Å². The summed E-state index contributed by atoms with van der Waals surface area (Å²) in [7, 11) is 0. The van der Waals surface area contributed by atoms with Crippen LogP contribution in [0.25, 0.3) is 10.9 Å². The molecule has 0 radical (unpaired) electrons. The Hall–Kier alpha value is -1.82. The number of aromatic nitrogens is 1. The molecule has 0 bridgehead atoms. The fraction of sp³-hybridized carbons (Fsp3) is 0.167. The first-order chi connectivity index (χ1) is 12.8. The number of alkyl halides is 2. The van der Waals surface area contributed by atoms with Gasteiger partial charge in [-0.1, -0.05) is 0 Å². The average molecular weight is 528 g/mol. The van der Waals surface area contributed by atoms with E-state index in [-0.39, 0.29) is 56.8 Å². The van der Waals surface area contributed by atoms with E-state index in [0.717, 1.165) is 30.0 Å². The topological polar surface area (TPSA) is 48.9 Å². The van der Waals surface area contributed by atoms with Gasteiger partial charge in [-0.25, -0.2) is 17.6 Å². The van der Waals surface area contributed by atoms with Gasteiger partial charge in [-0.2, -0.15) is 4.39 Å². The number of fused-ring (bicyclic) bond motifs is 1. The van der Waals surface area contributed by atoms with Crippen LogP contribution in [-0.4, -0.2) is 22.7 Å². The van der Waals surface area contributed by atoms with E-state index in [1.165, 1.54) is 12.3 Å². The zero-order valence-electron chi connectivity index (χ0n) is 14.3. The summed E-state index contributed by atoms with van der Waals surface area (Å²) in [5.41, 5.74) is -0.538. The SMILES string of the molecule is CSC(=N)c1cc(Oc2c(F)c(F)c3[nH]ccc3c2CC(F)F)ccc1F.I. The van der Waals surface area contributed by atoms with Gasteiger partial charge in [0.05, 0.1) is 10.6 Å². The Morgan fingerprint density at radius 1 is 1.18 bits per heavy atom. The quantitative estimate of drug-likeness (QED) is 0.172. The standard InChI is InChI=1S/C18H13F5N2OS.HI/c1-27-18(24)11-6-8(2-3-12(11)19)26-17-10(7-13(20)21)9-4-5-25-16(9)14(22)15(17)23;/h2-6,13,24-25H,7H2,1H3;1H. The molecule has 2 aromatic carbocycles. The maximum atomic E-state index is 14.5. The number of H-pyrrole nitrogens is 1. The molecule has 0 unspecified atom stereocenters. The van der Waals surface area contributed by atoms with Crippen molar-refractivity contribution >= 4 is 51.7 Å². The summed E-state index contributed by atoms with van der Waals surface area (Å²) in [4.78, 5) is 2.48. The normalized spacial score (nSPS) is 11.0. The van der Waals surface area contributed by atoms with Crippen molar-refractivity contribution in [3.8, 4) is 11.5 Å².